The first kappa shape index (κ1) is 10.4. The van der Waals surface area contributed by atoms with E-state index in [9.17, 15) is 9.90 Å². The lowest BCUT2D eigenvalue weighted by molar-refractivity contribution is -0.255. The molecule has 16 heavy (non-hydrogen) atoms. The average Bonchev–Trinajstić information content (AvgIpc) is 2.81. The van der Waals surface area contributed by atoms with Gasteiger partial charge in [-0.2, -0.15) is 5.10 Å². The number of hydrogen-bond donors (Lipinski definition) is 0. The van der Waals surface area contributed by atoms with Gasteiger partial charge in [-0.1, -0.05) is 24.3 Å². The largest absolute Gasteiger partial charge is 0.545 e. The molecule has 4 nitrogen and oxygen atoms in total. The monoisotopic (exact) mass is 215 g/mol. The molecule has 0 fully saturated rings. The first-order chi connectivity index (χ1) is 7.68. The molecule has 82 valence electrons. The number of aromatic carboxylic acids is 1. The van der Waals surface area contributed by atoms with Crippen molar-refractivity contribution in [2.45, 2.75) is 13.0 Å². The van der Waals surface area contributed by atoms with Crippen molar-refractivity contribution in [1.29, 1.82) is 0 Å². The van der Waals surface area contributed by atoms with Gasteiger partial charge in [0, 0.05) is 12.4 Å². The van der Waals surface area contributed by atoms with Crippen molar-refractivity contribution in [1.82, 2.24) is 9.78 Å². The molecule has 4 heteroatoms. The van der Waals surface area contributed by atoms with Crippen molar-refractivity contribution in [2.75, 3.05) is 0 Å². The molecule has 1 aromatic heterocycles. The lowest BCUT2D eigenvalue weighted by Crippen LogP contribution is -2.22. The van der Waals surface area contributed by atoms with Gasteiger partial charge in [-0.25, -0.2) is 0 Å². The second kappa shape index (κ2) is 4.18. The van der Waals surface area contributed by atoms with E-state index in [1.807, 2.05) is 23.9 Å². The number of carbonyl (C=O) groups excluding carboxylic acids is 1. The number of nitrogens with zero attached hydrogens (tertiary/aromatic N) is 2. The van der Waals surface area contributed by atoms with Crippen molar-refractivity contribution in [3.8, 4) is 0 Å². The maximum atomic E-state index is 10.6. The molecule has 0 saturated carbocycles. The predicted octanol–water partition coefficient (Wildman–Crippen LogP) is 0.856. The van der Waals surface area contributed by atoms with Crippen LogP contribution in [0.3, 0.4) is 0 Å². The third-order valence-electron chi connectivity index (χ3n) is 2.55. The summed E-state index contributed by atoms with van der Waals surface area (Å²) in [6.45, 7) is 2.00. The SMILES string of the molecule is CC(c1ccc(C(=O)[O-])cc1)n1cccn1. The van der Waals surface area contributed by atoms with Gasteiger partial charge in [-0.15, -0.1) is 0 Å². The van der Waals surface area contributed by atoms with Gasteiger partial charge in [0.25, 0.3) is 0 Å². The van der Waals surface area contributed by atoms with Crippen LogP contribution in [0.4, 0.5) is 0 Å². The Kier molecular flexibility index (Phi) is 2.72. The number of carboxylic acid groups (broad SMARTS) is 1. The van der Waals surface area contributed by atoms with Crippen LogP contribution in [0.2, 0.25) is 0 Å². The molecule has 0 spiro atoms. The van der Waals surface area contributed by atoms with Gasteiger partial charge in [0.05, 0.1) is 12.0 Å². The van der Waals surface area contributed by atoms with Crippen LogP contribution in [0.25, 0.3) is 0 Å². The molecule has 2 aromatic rings. The minimum absolute atomic E-state index is 0.0887. The van der Waals surface area contributed by atoms with Gasteiger partial charge in [-0.05, 0) is 24.1 Å². The molecular weight excluding hydrogens is 204 g/mol. The van der Waals surface area contributed by atoms with E-state index in [-0.39, 0.29) is 11.6 Å². The molecule has 0 aliphatic carbocycles. The Hall–Kier alpha value is -2.10. The Morgan fingerprint density at radius 2 is 2.06 bits per heavy atom. The fraction of sp³-hybridized carbons (Fsp3) is 0.167. The van der Waals surface area contributed by atoms with Crippen LogP contribution in [0.5, 0.6) is 0 Å². The van der Waals surface area contributed by atoms with E-state index >= 15 is 0 Å². The number of aromatic nitrogens is 2. The summed E-state index contributed by atoms with van der Waals surface area (Å²) in [5.74, 6) is -1.15. The first-order valence-electron chi connectivity index (χ1n) is 4.99. The highest BCUT2D eigenvalue weighted by Crippen LogP contribution is 2.16. The summed E-state index contributed by atoms with van der Waals surface area (Å²) in [4.78, 5) is 10.6. The molecular formula is C12H11N2O2-. The van der Waals surface area contributed by atoms with Crippen molar-refractivity contribution in [3.05, 3.63) is 53.9 Å². The number of benzene rings is 1. The molecule has 1 heterocycles. The van der Waals surface area contributed by atoms with Gasteiger partial charge in [0.15, 0.2) is 0 Å². The second-order valence-corrected chi connectivity index (χ2v) is 3.57. The zero-order valence-corrected chi connectivity index (χ0v) is 8.83. The highest BCUT2D eigenvalue weighted by Gasteiger charge is 2.07. The molecule has 1 unspecified atom stereocenters. The van der Waals surface area contributed by atoms with Gasteiger partial charge < -0.3 is 9.90 Å². The summed E-state index contributed by atoms with van der Waals surface area (Å²) in [6.07, 6.45) is 3.59. The van der Waals surface area contributed by atoms with Crippen molar-refractivity contribution >= 4 is 5.97 Å². The predicted molar refractivity (Wildman–Crippen MR) is 56.8 cm³/mol. The smallest absolute Gasteiger partial charge is 0.0740 e. The standard InChI is InChI=1S/C12H12N2O2/c1-9(14-8-2-7-13-14)10-3-5-11(6-4-10)12(15)16/h2-9H,1H3,(H,15,16)/p-1. The molecule has 0 N–H and O–H groups in total. The Bertz CT molecular complexity index is 474. The summed E-state index contributed by atoms with van der Waals surface area (Å²) >= 11 is 0. The molecule has 0 saturated heterocycles. The zero-order chi connectivity index (χ0) is 11.5. The van der Waals surface area contributed by atoms with Crippen molar-refractivity contribution < 1.29 is 9.90 Å². The van der Waals surface area contributed by atoms with Gasteiger partial charge in [0.2, 0.25) is 0 Å². The lowest BCUT2D eigenvalue weighted by Gasteiger charge is -2.13. The third kappa shape index (κ3) is 1.95. The van der Waals surface area contributed by atoms with Crippen LogP contribution in [0.15, 0.2) is 42.7 Å². The molecule has 0 amide bonds. The lowest BCUT2D eigenvalue weighted by atomic mass is 10.1. The fourth-order valence-electron chi connectivity index (χ4n) is 1.56. The number of hydrogen-bond acceptors (Lipinski definition) is 3. The van der Waals surface area contributed by atoms with E-state index in [1.54, 1.807) is 30.5 Å². The van der Waals surface area contributed by atoms with Crippen molar-refractivity contribution in [3.63, 3.8) is 0 Å². The Balaban J connectivity index is 2.25. The molecule has 0 radical (unpaired) electrons. The Labute approximate surface area is 93.1 Å². The van der Waals surface area contributed by atoms with E-state index in [2.05, 4.69) is 5.10 Å². The normalized spacial score (nSPS) is 12.3. The number of rotatable bonds is 3. The summed E-state index contributed by atoms with van der Waals surface area (Å²) in [6, 6.07) is 8.59. The summed E-state index contributed by atoms with van der Waals surface area (Å²) in [5, 5.41) is 14.7. The Morgan fingerprint density at radius 1 is 1.38 bits per heavy atom. The minimum Gasteiger partial charge on any atom is -0.545 e. The van der Waals surface area contributed by atoms with Crippen LogP contribution in [-0.4, -0.2) is 15.7 Å². The third-order valence-corrected chi connectivity index (χ3v) is 2.55. The van der Waals surface area contributed by atoms with Crippen LogP contribution < -0.4 is 5.11 Å². The first-order valence-corrected chi connectivity index (χ1v) is 4.99. The minimum atomic E-state index is -1.15. The number of carboxylic acids is 1. The van der Waals surface area contributed by atoms with E-state index in [0.717, 1.165) is 5.56 Å². The topological polar surface area (TPSA) is 57.9 Å². The molecule has 0 aliphatic rings. The molecule has 0 aliphatic heterocycles. The molecule has 1 aromatic carbocycles. The van der Waals surface area contributed by atoms with E-state index in [0.29, 0.717) is 0 Å². The van der Waals surface area contributed by atoms with Crippen LogP contribution in [0.1, 0.15) is 28.9 Å². The quantitative estimate of drug-likeness (QED) is 0.762. The molecule has 1 atom stereocenters. The highest BCUT2D eigenvalue weighted by atomic mass is 16.4. The van der Waals surface area contributed by atoms with Gasteiger partial charge in [-0.3, -0.25) is 4.68 Å². The number of carbonyl (C=O) groups is 1. The zero-order valence-electron chi connectivity index (χ0n) is 8.83. The van der Waals surface area contributed by atoms with Gasteiger partial charge >= 0.3 is 0 Å². The second-order valence-electron chi connectivity index (χ2n) is 3.57. The van der Waals surface area contributed by atoms with Crippen LogP contribution >= 0.6 is 0 Å². The van der Waals surface area contributed by atoms with E-state index in [4.69, 9.17) is 0 Å². The Morgan fingerprint density at radius 3 is 2.56 bits per heavy atom. The van der Waals surface area contributed by atoms with E-state index < -0.39 is 5.97 Å². The van der Waals surface area contributed by atoms with Gasteiger partial charge in [0.1, 0.15) is 0 Å². The van der Waals surface area contributed by atoms with E-state index in [1.165, 1.54) is 0 Å². The summed E-state index contributed by atoms with van der Waals surface area (Å²) < 4.78 is 1.81. The maximum Gasteiger partial charge on any atom is 0.0740 e. The van der Waals surface area contributed by atoms with Crippen LogP contribution in [0, 0.1) is 0 Å². The van der Waals surface area contributed by atoms with Crippen molar-refractivity contribution in [2.24, 2.45) is 0 Å². The molecule has 0 bridgehead atoms. The summed E-state index contributed by atoms with van der Waals surface area (Å²) in [7, 11) is 0. The fourth-order valence-corrected chi connectivity index (χ4v) is 1.56. The summed E-state index contributed by atoms with van der Waals surface area (Å²) in [5.41, 5.74) is 1.20. The highest BCUT2D eigenvalue weighted by molar-refractivity contribution is 5.85. The average molecular weight is 215 g/mol. The van der Waals surface area contributed by atoms with Crippen LogP contribution in [-0.2, 0) is 0 Å². The molecule has 2 rings (SSSR count). The maximum absolute atomic E-state index is 10.6.